The van der Waals surface area contributed by atoms with Crippen LogP contribution >= 0.6 is 0 Å². The average molecular weight is 2030 g/mol. The second-order valence-electron chi connectivity index (χ2n) is 33.9. The fourth-order valence-corrected chi connectivity index (χ4v) is 20.8. The number of methoxy groups -OCH3 is 4. The van der Waals surface area contributed by atoms with Gasteiger partial charge in [-0.1, -0.05) is 121 Å². The number of Topliss-reactive ketones (excluding diaryl/α,β-unsaturated/α-hetero) is 1. The largest absolute Gasteiger partial charge is 0.534 e. The molecule has 1 aromatic carbocycles. The molecule has 0 radical (unpaired) electrons. The van der Waals surface area contributed by atoms with Crippen LogP contribution in [0.1, 0.15) is 193 Å². The van der Waals surface area contributed by atoms with Gasteiger partial charge in [-0.25, -0.2) is 39.3 Å². The number of carbonyl (C=O) groups excluding carboxylic acids is 8. The van der Waals surface area contributed by atoms with E-state index in [9.17, 15) is 113 Å². The second-order valence-corrected chi connectivity index (χ2v) is 39.2. The van der Waals surface area contributed by atoms with E-state index in [4.69, 9.17) is 30.4 Å². The van der Waals surface area contributed by atoms with Crippen LogP contribution in [0.4, 0.5) is 93.7 Å². The highest BCUT2D eigenvalue weighted by atomic mass is 32.3. The Hall–Kier alpha value is -13.2. The zero-order chi connectivity index (χ0) is 103. The zero-order valence-corrected chi connectivity index (χ0v) is 80.2. The van der Waals surface area contributed by atoms with E-state index in [0.717, 1.165) is 175 Å². The Labute approximate surface area is 802 Å². The minimum absolute atomic E-state index is 0.0435. The summed E-state index contributed by atoms with van der Waals surface area (Å²) < 4.78 is 202. The molecule has 38 nitrogen and oxygen atoms in total. The predicted octanol–water partition coefficient (Wildman–Crippen LogP) is 14.9. The fourth-order valence-electron chi connectivity index (χ4n) is 17.6. The van der Waals surface area contributed by atoms with E-state index in [1.165, 1.54) is 72.0 Å². The number of pyridine rings is 6. The molecule has 140 heavy (non-hydrogen) atoms. The van der Waals surface area contributed by atoms with Crippen molar-refractivity contribution in [2.24, 2.45) is 5.73 Å². The van der Waals surface area contributed by atoms with E-state index in [0.29, 0.717) is 110 Å². The molecule has 7 N–H and O–H groups in total. The molecule has 6 aliphatic carbocycles. The number of nitrogens with zero attached hydrogens (tertiary/aromatic N) is 13. The third kappa shape index (κ3) is 25.9. The van der Waals surface area contributed by atoms with Crippen LogP contribution in [0.3, 0.4) is 0 Å². The van der Waals surface area contributed by atoms with Crippen LogP contribution in [0.5, 0.6) is 29.4 Å². The van der Waals surface area contributed by atoms with Gasteiger partial charge in [0.25, 0.3) is 17.7 Å². The van der Waals surface area contributed by atoms with Crippen molar-refractivity contribution in [1.82, 2.24) is 44.6 Å². The number of sulfonamides is 2. The van der Waals surface area contributed by atoms with Gasteiger partial charge in [-0.15, -0.1) is 3.71 Å². The van der Waals surface area contributed by atoms with Crippen molar-refractivity contribution in [1.29, 1.82) is 5.26 Å². The molecule has 0 unspecified atom stereocenters. The predicted molar refractivity (Wildman–Crippen MR) is 495 cm³/mol. The molecule has 0 atom stereocenters. The molecule has 50 heteroatoms. The van der Waals surface area contributed by atoms with Crippen molar-refractivity contribution in [3.63, 3.8) is 0 Å². The molecule has 6 saturated carbocycles. The Kier molecular flexibility index (Phi) is 37.2. The number of urea groups is 3. The molecular weight excluding hydrogens is 1920 g/mol. The van der Waals surface area contributed by atoms with E-state index >= 15 is 0 Å². The first-order chi connectivity index (χ1) is 66.0. The summed E-state index contributed by atoms with van der Waals surface area (Å²) >= 11 is 0. The maximum Gasteiger partial charge on any atom is 0.534 e. The summed E-state index contributed by atoms with van der Waals surface area (Å²) in [6.07, 6.45) is 36.2. The number of aromatic nitrogens is 6. The molecule has 6 aromatic heterocycles. The van der Waals surface area contributed by atoms with Crippen molar-refractivity contribution in [2.75, 3.05) is 84.4 Å². The number of nitrogens with two attached hydrogens (primary N) is 2. The smallest absolute Gasteiger partial charge is 0.481 e. The molecule has 3 spiro atoms. The number of alkyl halides is 9. The summed E-state index contributed by atoms with van der Waals surface area (Å²) in [5.74, 6) is 0.785. The van der Waals surface area contributed by atoms with Crippen molar-refractivity contribution >= 4 is 117 Å². The van der Waals surface area contributed by atoms with Gasteiger partial charge in [-0.05, 0) is 126 Å². The fraction of sp³-hybridized carbons (Fsp3) is 0.500. The lowest BCUT2D eigenvalue weighted by atomic mass is 9.80. The summed E-state index contributed by atoms with van der Waals surface area (Å²) in [4.78, 5) is 139. The van der Waals surface area contributed by atoms with Crippen LogP contribution < -0.4 is 69.2 Å². The van der Waals surface area contributed by atoms with Crippen molar-refractivity contribution in [3.8, 4) is 35.5 Å². The minimum Gasteiger partial charge on any atom is -0.481 e. The Bertz CT molecular complexity index is 5930. The van der Waals surface area contributed by atoms with Crippen molar-refractivity contribution in [2.45, 2.75) is 237 Å². The van der Waals surface area contributed by atoms with E-state index in [1.807, 2.05) is 18.2 Å². The number of carbonyl (C=O) groups is 8. The lowest BCUT2D eigenvalue weighted by Gasteiger charge is -2.38. The van der Waals surface area contributed by atoms with Crippen LogP contribution in [-0.4, -0.2) is 211 Å². The maximum atomic E-state index is 12.7. The maximum absolute atomic E-state index is 12.7. The zero-order valence-electron chi connectivity index (χ0n) is 77.8. The van der Waals surface area contributed by atoms with Gasteiger partial charge in [0.2, 0.25) is 40.9 Å². The number of nitrogens with one attached hydrogen (secondary N) is 3. The topological polar surface area (TPSA) is 505 Å². The molecule has 9 aliphatic rings. The highest BCUT2D eigenvalue weighted by Gasteiger charge is 2.63. The first kappa shape index (κ1) is 110. The van der Waals surface area contributed by atoms with E-state index < -0.39 is 102 Å². The lowest BCUT2D eigenvalue weighted by Crippen LogP contribution is -2.51. The van der Waals surface area contributed by atoms with Gasteiger partial charge in [0.05, 0.1) is 57.3 Å². The number of hydrogen-bond donors (Lipinski definition) is 5. The number of para-hydroxylation sites is 1. The molecule has 762 valence electrons. The van der Waals surface area contributed by atoms with E-state index in [-0.39, 0.29) is 41.0 Å². The molecule has 0 bridgehead atoms. The molecule has 7 aromatic rings. The number of rotatable bonds is 17. The van der Waals surface area contributed by atoms with Crippen LogP contribution in [0.25, 0.3) is 0 Å². The van der Waals surface area contributed by atoms with Gasteiger partial charge in [-0.3, -0.25) is 58.2 Å². The standard InChI is InChI=1S/C15H16F3N3O5S.C15H19N3O3.C14H17N3O3.C13H19N3O2.C13H17N3O.C8H5F6NO4S2.C6H8N2O.C6H10O/c1-20-12(22)14(6-3-2-4-7-14)21(13(20)23)10-5-8-19-11(9-10)26-27(24,25)15(16,17)18;1-17-13(19)15(7-4-3-5-8-15)18(14(17)20)11-6-9-16-12(10-11)21-2;1-16-12(19)14(6-3-2-4-7-14)17(13(16)20)10-5-8-15-11(18)9-10;1-18-11-9-10(5-8-15-11)16-13(12(14)17)6-3-2-4-7-13;1-17-12-9-11(5-8-15-12)16-13(10-14)6-3-2-4-7-13;9-7(10,11)20(16,17)15(6-4-2-1-3-5-6)21(18,19)8(12,13)14;1-9-6-4-5(7)2-3-8-6;7-6-4-2-1-3-5-6/h5,8-9H,2-4,6-7H2,1H3;6,9-10H,3-5,7-8H2,1-2H3;5,8-9H,2-4,6-7H2,1H3,(H,15,18);5,8-9H,2-4,6-7H2,1H3,(H2,14,17)(H,15,16);5,8-9H,2-4,6-7H2,1H3,(H,15,16);1-5H;2-4H,1H3,(H2,7,8);1-5H2. The van der Waals surface area contributed by atoms with Gasteiger partial charge in [0.15, 0.2) is 0 Å². The number of likely N-dealkylation sites (N-methyl/N-ethyl adjacent to an activating group) is 3. The van der Waals surface area contributed by atoms with Gasteiger partial charge in [0, 0.05) is 125 Å². The monoisotopic (exact) mass is 2030 g/mol. The summed E-state index contributed by atoms with van der Waals surface area (Å²) in [6, 6.07) is 24.4. The number of ether oxygens (including phenoxy) is 4. The SMILES string of the molecule is CN1C(=O)N(c2cc[nH]c(=O)c2)C2(CCCCC2)C1=O.CN1C(=O)N(c2ccnc(OS(=O)(=O)C(F)(F)F)c2)C2(CCCCC2)C1=O.COc1cc(N)ccn1.COc1cc(N2C(=O)N(C)C(=O)C23CCCCC3)ccn1.COc1cc(NC2(C#N)CCCCC2)ccn1.COc1cc(NC2(C(N)=O)CCCCC2)ccn1.O=C1CCCCC1.O=S(=O)(N(c1ccccc1)S(=O)(=O)C(F)(F)F)C(F)(F)F. The number of nitriles is 1. The Morgan fingerprint density at radius 2 is 0.779 bits per heavy atom. The third-order valence-corrected chi connectivity index (χ3v) is 29.2. The van der Waals surface area contributed by atoms with Crippen LogP contribution in [-0.2, 0) is 54.1 Å². The number of H-pyrrole nitrogens is 1. The number of anilines is 7. The van der Waals surface area contributed by atoms with Gasteiger partial charge >= 0.3 is 64.8 Å². The third-order valence-electron chi connectivity index (χ3n) is 24.6. The summed E-state index contributed by atoms with van der Waals surface area (Å²) in [5.41, 5.74) is -8.76. The number of nitrogen functional groups attached to an aromatic ring is 1. The van der Waals surface area contributed by atoms with Gasteiger partial charge < -0.3 is 50.2 Å². The normalized spacial score (nSPS) is 18.6. The van der Waals surface area contributed by atoms with E-state index in [2.05, 4.69) is 50.8 Å². The van der Waals surface area contributed by atoms with E-state index in [1.54, 1.807) is 94.5 Å². The molecule has 9 fully saturated rings. The first-order valence-electron chi connectivity index (χ1n) is 44.6. The number of imide groups is 3. The number of halogens is 9. The van der Waals surface area contributed by atoms with Gasteiger partial charge in [0.1, 0.15) is 33.5 Å². The molecule has 9 heterocycles. The number of benzene rings is 1. The highest BCUT2D eigenvalue weighted by Crippen LogP contribution is 2.48. The summed E-state index contributed by atoms with van der Waals surface area (Å²) in [5, 5.41) is 16.0. The molecule has 10 amide bonds. The molecular formula is C90H111F9N18O20S3. The lowest BCUT2D eigenvalue weighted by molar-refractivity contribution is -0.131. The Morgan fingerprint density at radius 1 is 0.436 bits per heavy atom. The number of amides is 10. The minimum atomic E-state index is -6.81. The van der Waals surface area contributed by atoms with Crippen molar-refractivity contribution in [3.05, 3.63) is 151 Å². The Morgan fingerprint density at radius 3 is 1.13 bits per heavy atom. The molecule has 16 rings (SSSR count). The number of primary amides is 1. The first-order valence-corrected chi connectivity index (χ1v) is 48.9. The Balaban J connectivity index is 0.000000183. The summed E-state index contributed by atoms with van der Waals surface area (Å²) in [6.45, 7) is 0. The summed E-state index contributed by atoms with van der Waals surface area (Å²) in [7, 11) is -8.88. The quantitative estimate of drug-likeness (QED) is 0.0245. The molecule has 3 aliphatic heterocycles. The molecule has 3 saturated heterocycles. The van der Waals surface area contributed by atoms with Gasteiger partial charge in [-0.2, -0.15) is 70.0 Å². The number of aromatic amines is 1. The van der Waals surface area contributed by atoms with Crippen LogP contribution in [0.2, 0.25) is 0 Å². The van der Waals surface area contributed by atoms with Crippen LogP contribution in [0, 0.1) is 11.3 Å². The van der Waals surface area contributed by atoms with Crippen LogP contribution in [0.15, 0.2) is 145 Å². The van der Waals surface area contributed by atoms with Crippen molar-refractivity contribution < 1.29 is 126 Å². The number of ketones is 1. The highest BCUT2D eigenvalue weighted by molar-refractivity contribution is 8.11. The average Bonchev–Trinajstić information content (AvgIpc) is 1.53. The number of hydrogen-bond acceptors (Lipinski definition) is 29. The second kappa shape index (κ2) is 47.2.